The van der Waals surface area contributed by atoms with Gasteiger partial charge in [0.05, 0.1) is 6.42 Å². The van der Waals surface area contributed by atoms with Crippen molar-refractivity contribution in [3.05, 3.63) is 34.3 Å². The van der Waals surface area contributed by atoms with E-state index in [4.69, 9.17) is 10.8 Å². The van der Waals surface area contributed by atoms with Gasteiger partial charge in [0.15, 0.2) is 0 Å². The summed E-state index contributed by atoms with van der Waals surface area (Å²) in [7, 11) is 0. The molecule has 1 aromatic rings. The summed E-state index contributed by atoms with van der Waals surface area (Å²) in [6.45, 7) is 0. The molecule has 1 rings (SSSR count). The first kappa shape index (κ1) is 10.2. The Morgan fingerprint density at radius 3 is 2.85 bits per heavy atom. The highest BCUT2D eigenvalue weighted by Gasteiger charge is 2.09. The van der Waals surface area contributed by atoms with E-state index >= 15 is 0 Å². The molecule has 0 radical (unpaired) electrons. The van der Waals surface area contributed by atoms with Crippen molar-refractivity contribution in [3.8, 4) is 0 Å². The summed E-state index contributed by atoms with van der Waals surface area (Å²) in [5.74, 6) is -0.882. The van der Waals surface area contributed by atoms with E-state index in [1.807, 2.05) is 24.3 Å². The van der Waals surface area contributed by atoms with Crippen molar-refractivity contribution in [3.63, 3.8) is 0 Å². The van der Waals surface area contributed by atoms with Gasteiger partial charge in [-0.05, 0) is 17.7 Å². The number of hydrogen-bond donors (Lipinski definition) is 2. The highest BCUT2D eigenvalue weighted by molar-refractivity contribution is 9.10. The number of rotatable bonds is 3. The molecule has 1 atom stereocenters. The molecule has 0 bridgehead atoms. The Morgan fingerprint density at radius 2 is 2.31 bits per heavy atom. The lowest BCUT2D eigenvalue weighted by molar-refractivity contribution is -0.137. The lowest BCUT2D eigenvalue weighted by Crippen LogP contribution is -2.14. The molecule has 0 saturated heterocycles. The predicted molar refractivity (Wildman–Crippen MR) is 53.3 cm³/mol. The normalized spacial score (nSPS) is 12.5. The molecule has 0 saturated carbocycles. The van der Waals surface area contributed by atoms with Crippen molar-refractivity contribution in [2.45, 2.75) is 12.5 Å². The highest BCUT2D eigenvalue weighted by Crippen LogP contribution is 2.18. The first-order chi connectivity index (χ1) is 6.09. The predicted octanol–water partition coefficient (Wildman–Crippen LogP) is 1.92. The van der Waals surface area contributed by atoms with E-state index in [1.54, 1.807) is 0 Å². The molecule has 0 unspecified atom stereocenters. The van der Waals surface area contributed by atoms with Gasteiger partial charge in [-0.25, -0.2) is 0 Å². The fourth-order valence-electron chi connectivity index (χ4n) is 1.04. The van der Waals surface area contributed by atoms with Crippen LogP contribution in [0, 0.1) is 0 Å². The van der Waals surface area contributed by atoms with Crippen molar-refractivity contribution in [2.75, 3.05) is 0 Å². The van der Waals surface area contributed by atoms with Crippen LogP contribution in [-0.2, 0) is 4.79 Å². The third-order valence-corrected chi connectivity index (χ3v) is 2.16. The highest BCUT2D eigenvalue weighted by atomic mass is 79.9. The van der Waals surface area contributed by atoms with E-state index in [0.29, 0.717) is 0 Å². The van der Waals surface area contributed by atoms with Gasteiger partial charge in [0.2, 0.25) is 0 Å². The summed E-state index contributed by atoms with van der Waals surface area (Å²) < 4.78 is 0.908. The van der Waals surface area contributed by atoms with Crippen LogP contribution in [0.25, 0.3) is 0 Å². The van der Waals surface area contributed by atoms with E-state index in [0.717, 1.165) is 10.0 Å². The van der Waals surface area contributed by atoms with Crippen LogP contribution in [0.2, 0.25) is 0 Å². The minimum atomic E-state index is -0.882. The second kappa shape index (κ2) is 4.39. The topological polar surface area (TPSA) is 63.3 Å². The maximum absolute atomic E-state index is 10.4. The molecular weight excluding hydrogens is 234 g/mol. The third-order valence-electron chi connectivity index (χ3n) is 1.67. The molecule has 3 N–H and O–H groups in total. The van der Waals surface area contributed by atoms with Crippen molar-refractivity contribution < 1.29 is 9.90 Å². The van der Waals surface area contributed by atoms with Crippen LogP contribution in [0.15, 0.2) is 28.7 Å². The zero-order valence-electron chi connectivity index (χ0n) is 6.90. The van der Waals surface area contributed by atoms with Crippen LogP contribution >= 0.6 is 15.9 Å². The van der Waals surface area contributed by atoms with Crippen LogP contribution in [0.3, 0.4) is 0 Å². The van der Waals surface area contributed by atoms with Crippen LogP contribution in [0.5, 0.6) is 0 Å². The van der Waals surface area contributed by atoms with E-state index < -0.39 is 12.0 Å². The van der Waals surface area contributed by atoms with Gasteiger partial charge in [0.25, 0.3) is 0 Å². The Labute approximate surface area is 84.7 Å². The van der Waals surface area contributed by atoms with Gasteiger partial charge in [0, 0.05) is 10.5 Å². The Hall–Kier alpha value is -0.870. The van der Waals surface area contributed by atoms with Gasteiger partial charge in [0.1, 0.15) is 0 Å². The summed E-state index contributed by atoms with van der Waals surface area (Å²) in [4.78, 5) is 10.4. The summed E-state index contributed by atoms with van der Waals surface area (Å²) in [5, 5.41) is 8.52. The summed E-state index contributed by atoms with van der Waals surface area (Å²) in [6.07, 6.45) is -0.0452. The first-order valence-electron chi connectivity index (χ1n) is 3.82. The molecule has 4 heteroatoms. The Morgan fingerprint density at radius 1 is 1.62 bits per heavy atom. The van der Waals surface area contributed by atoms with Crippen molar-refractivity contribution in [2.24, 2.45) is 5.73 Å². The van der Waals surface area contributed by atoms with Gasteiger partial charge in [-0.1, -0.05) is 28.1 Å². The molecule has 0 amide bonds. The zero-order chi connectivity index (χ0) is 9.84. The molecule has 0 spiro atoms. The first-order valence-corrected chi connectivity index (χ1v) is 4.61. The van der Waals surface area contributed by atoms with Crippen molar-refractivity contribution in [1.29, 1.82) is 0 Å². The molecule has 70 valence electrons. The Kier molecular flexibility index (Phi) is 3.45. The molecular formula is C9H10BrNO2. The van der Waals surface area contributed by atoms with Crippen LogP contribution in [0.4, 0.5) is 0 Å². The molecule has 3 nitrogen and oxygen atoms in total. The van der Waals surface area contributed by atoms with Crippen molar-refractivity contribution >= 4 is 21.9 Å². The van der Waals surface area contributed by atoms with Crippen LogP contribution < -0.4 is 5.73 Å². The van der Waals surface area contributed by atoms with Crippen LogP contribution in [-0.4, -0.2) is 11.1 Å². The van der Waals surface area contributed by atoms with Crippen molar-refractivity contribution in [1.82, 2.24) is 0 Å². The maximum atomic E-state index is 10.4. The second-order valence-electron chi connectivity index (χ2n) is 2.76. The number of aliphatic carboxylic acids is 1. The Bertz CT molecular complexity index is 314. The summed E-state index contributed by atoms with van der Waals surface area (Å²) in [5.41, 5.74) is 6.49. The third kappa shape index (κ3) is 3.16. The van der Waals surface area contributed by atoms with Crippen LogP contribution in [0.1, 0.15) is 18.0 Å². The molecule has 1 aromatic carbocycles. The van der Waals surface area contributed by atoms with Gasteiger partial charge in [-0.15, -0.1) is 0 Å². The maximum Gasteiger partial charge on any atom is 0.305 e. The number of hydrogen-bond acceptors (Lipinski definition) is 2. The molecule has 0 aliphatic carbocycles. The number of nitrogens with two attached hydrogens (primary N) is 1. The average Bonchev–Trinajstić information content (AvgIpc) is 2.03. The minimum absolute atomic E-state index is 0.0452. The van der Waals surface area contributed by atoms with E-state index in [-0.39, 0.29) is 6.42 Å². The zero-order valence-corrected chi connectivity index (χ0v) is 8.49. The molecule has 0 fully saturated rings. The van der Waals surface area contributed by atoms with E-state index in [9.17, 15) is 4.79 Å². The minimum Gasteiger partial charge on any atom is -0.481 e. The Balaban J connectivity index is 2.76. The van der Waals surface area contributed by atoms with Gasteiger partial charge in [-0.3, -0.25) is 4.79 Å². The fourth-order valence-corrected chi connectivity index (χ4v) is 1.46. The number of carbonyl (C=O) groups is 1. The molecule has 13 heavy (non-hydrogen) atoms. The fraction of sp³-hybridized carbons (Fsp3) is 0.222. The van der Waals surface area contributed by atoms with Gasteiger partial charge >= 0.3 is 5.97 Å². The summed E-state index contributed by atoms with van der Waals surface area (Å²) >= 11 is 3.29. The quantitative estimate of drug-likeness (QED) is 0.853. The molecule has 0 aromatic heterocycles. The molecule has 0 aliphatic heterocycles. The van der Waals surface area contributed by atoms with E-state index in [2.05, 4.69) is 15.9 Å². The van der Waals surface area contributed by atoms with E-state index in [1.165, 1.54) is 0 Å². The SMILES string of the molecule is N[C@@H](CC(=O)O)c1cccc(Br)c1. The smallest absolute Gasteiger partial charge is 0.305 e. The lowest BCUT2D eigenvalue weighted by atomic mass is 10.1. The number of carboxylic acid groups (broad SMARTS) is 1. The van der Waals surface area contributed by atoms with Gasteiger partial charge < -0.3 is 10.8 Å². The summed E-state index contributed by atoms with van der Waals surface area (Å²) in [6, 6.07) is 6.92. The molecule has 0 aliphatic rings. The second-order valence-corrected chi connectivity index (χ2v) is 3.68. The molecule has 0 heterocycles. The average molecular weight is 244 g/mol. The number of halogens is 1. The number of carboxylic acids is 1. The monoisotopic (exact) mass is 243 g/mol. The largest absolute Gasteiger partial charge is 0.481 e. The van der Waals surface area contributed by atoms with Gasteiger partial charge in [-0.2, -0.15) is 0 Å². The lowest BCUT2D eigenvalue weighted by Gasteiger charge is -2.08. The standard InChI is InChI=1S/C9H10BrNO2/c10-7-3-1-2-6(4-7)8(11)5-9(12)13/h1-4,8H,5,11H2,(H,12,13)/t8-/m0/s1. The number of benzene rings is 1.